The van der Waals surface area contributed by atoms with E-state index in [0.29, 0.717) is 17.9 Å². The largest absolute Gasteiger partial charge is 0.342 e. The van der Waals surface area contributed by atoms with E-state index >= 15 is 0 Å². The van der Waals surface area contributed by atoms with E-state index in [9.17, 15) is 4.79 Å². The molecular formula is C18H25ClN2O. The van der Waals surface area contributed by atoms with Crippen LogP contribution in [0.4, 0.5) is 0 Å². The van der Waals surface area contributed by atoms with Crippen LogP contribution in [0.25, 0.3) is 0 Å². The Hall–Kier alpha value is -1.06. The van der Waals surface area contributed by atoms with E-state index in [4.69, 9.17) is 0 Å². The molecule has 1 aromatic carbocycles. The zero-order chi connectivity index (χ0) is 14.2. The molecule has 2 atom stereocenters. The van der Waals surface area contributed by atoms with Crippen molar-refractivity contribution in [1.29, 1.82) is 0 Å². The van der Waals surface area contributed by atoms with Gasteiger partial charge in [0, 0.05) is 25.0 Å². The zero-order valence-electron chi connectivity index (χ0n) is 13.0. The molecule has 1 aromatic rings. The smallest absolute Gasteiger partial charge is 0.226 e. The second-order valence-electron chi connectivity index (χ2n) is 6.91. The molecule has 3 nitrogen and oxygen atoms in total. The highest BCUT2D eigenvalue weighted by Crippen LogP contribution is 2.30. The standard InChI is InChI=1S/C18H24N2O.ClH/c21-18(16-10-13-4-1-2-5-14(13)11-16)20-9-7-17-15(12-20)6-3-8-19-17;/h1-2,4-5,15-17,19H,3,6-12H2;1H/t15-,17+;/m1./s1. The lowest BCUT2D eigenvalue weighted by Gasteiger charge is -2.42. The van der Waals surface area contributed by atoms with Crippen LogP contribution in [0.15, 0.2) is 24.3 Å². The summed E-state index contributed by atoms with van der Waals surface area (Å²) >= 11 is 0. The lowest BCUT2D eigenvalue weighted by atomic mass is 9.85. The number of likely N-dealkylation sites (tertiary alicyclic amines) is 1. The molecule has 0 saturated carbocycles. The van der Waals surface area contributed by atoms with Gasteiger partial charge in [-0.1, -0.05) is 24.3 Å². The summed E-state index contributed by atoms with van der Waals surface area (Å²) in [5.74, 6) is 1.27. The van der Waals surface area contributed by atoms with Crippen LogP contribution >= 0.6 is 12.4 Å². The maximum atomic E-state index is 12.8. The van der Waals surface area contributed by atoms with Crippen molar-refractivity contribution in [3.05, 3.63) is 35.4 Å². The number of hydrogen-bond acceptors (Lipinski definition) is 2. The summed E-state index contributed by atoms with van der Waals surface area (Å²) < 4.78 is 0. The first-order chi connectivity index (χ1) is 10.3. The second-order valence-corrected chi connectivity index (χ2v) is 6.91. The Labute approximate surface area is 138 Å². The molecule has 2 heterocycles. The minimum atomic E-state index is 0. The van der Waals surface area contributed by atoms with Gasteiger partial charge in [0.1, 0.15) is 0 Å². The minimum absolute atomic E-state index is 0. The maximum absolute atomic E-state index is 12.8. The highest BCUT2D eigenvalue weighted by Gasteiger charge is 2.36. The highest BCUT2D eigenvalue weighted by atomic mass is 35.5. The molecule has 2 fully saturated rings. The van der Waals surface area contributed by atoms with Crippen molar-refractivity contribution in [1.82, 2.24) is 10.2 Å². The molecule has 1 amide bonds. The summed E-state index contributed by atoms with van der Waals surface area (Å²) in [6.45, 7) is 3.08. The van der Waals surface area contributed by atoms with Gasteiger partial charge in [-0.15, -0.1) is 12.4 Å². The number of amides is 1. The van der Waals surface area contributed by atoms with Gasteiger partial charge >= 0.3 is 0 Å². The molecule has 0 radical (unpaired) electrons. The third-order valence-electron chi connectivity index (χ3n) is 5.60. The predicted octanol–water partition coefficient (Wildman–Crippen LogP) is 2.42. The molecule has 1 aliphatic carbocycles. The van der Waals surface area contributed by atoms with Crippen LogP contribution in [0.2, 0.25) is 0 Å². The van der Waals surface area contributed by atoms with Gasteiger partial charge in [0.2, 0.25) is 5.91 Å². The van der Waals surface area contributed by atoms with E-state index in [1.807, 2.05) is 0 Å². The van der Waals surface area contributed by atoms with Gasteiger partial charge < -0.3 is 10.2 Å². The van der Waals surface area contributed by atoms with Crippen molar-refractivity contribution in [2.45, 2.75) is 38.1 Å². The van der Waals surface area contributed by atoms with Gasteiger partial charge in [-0.3, -0.25) is 4.79 Å². The summed E-state index contributed by atoms with van der Waals surface area (Å²) in [4.78, 5) is 15.0. The van der Waals surface area contributed by atoms with Gasteiger partial charge in [0.15, 0.2) is 0 Å². The van der Waals surface area contributed by atoms with Crippen molar-refractivity contribution in [3.8, 4) is 0 Å². The molecule has 0 unspecified atom stereocenters. The lowest BCUT2D eigenvalue weighted by molar-refractivity contribution is -0.137. The van der Waals surface area contributed by atoms with Crippen LogP contribution in [-0.4, -0.2) is 36.5 Å². The number of benzene rings is 1. The van der Waals surface area contributed by atoms with Crippen LogP contribution in [0.5, 0.6) is 0 Å². The van der Waals surface area contributed by atoms with Gasteiger partial charge in [0.25, 0.3) is 0 Å². The van der Waals surface area contributed by atoms with Gasteiger partial charge in [-0.2, -0.15) is 0 Å². The Morgan fingerprint density at radius 2 is 1.86 bits per heavy atom. The van der Waals surface area contributed by atoms with Crippen molar-refractivity contribution in [2.75, 3.05) is 19.6 Å². The number of nitrogens with one attached hydrogen (secondary N) is 1. The summed E-state index contributed by atoms with van der Waals surface area (Å²) in [6.07, 6.45) is 5.57. The number of carbonyl (C=O) groups is 1. The minimum Gasteiger partial charge on any atom is -0.342 e. The predicted molar refractivity (Wildman–Crippen MR) is 90.3 cm³/mol. The van der Waals surface area contributed by atoms with Gasteiger partial charge in [-0.05, 0) is 55.7 Å². The fraction of sp³-hybridized carbons (Fsp3) is 0.611. The summed E-state index contributed by atoms with van der Waals surface area (Å²) in [5, 5.41) is 3.63. The Kier molecular flexibility index (Phi) is 4.74. The average Bonchev–Trinajstić information content (AvgIpc) is 2.97. The van der Waals surface area contributed by atoms with Crippen LogP contribution in [-0.2, 0) is 17.6 Å². The monoisotopic (exact) mass is 320 g/mol. The van der Waals surface area contributed by atoms with Crippen LogP contribution in [0, 0.1) is 11.8 Å². The average molecular weight is 321 g/mol. The molecule has 4 heteroatoms. The first kappa shape index (κ1) is 15.8. The molecule has 22 heavy (non-hydrogen) atoms. The maximum Gasteiger partial charge on any atom is 0.226 e. The van der Waals surface area contributed by atoms with Crippen molar-refractivity contribution in [2.24, 2.45) is 11.8 Å². The molecular weight excluding hydrogens is 296 g/mol. The molecule has 2 aliphatic heterocycles. The molecule has 0 bridgehead atoms. The molecule has 1 N–H and O–H groups in total. The van der Waals surface area contributed by atoms with Gasteiger partial charge in [0.05, 0.1) is 0 Å². The molecule has 120 valence electrons. The summed E-state index contributed by atoms with van der Waals surface area (Å²) in [7, 11) is 0. The van der Waals surface area contributed by atoms with Crippen LogP contribution in [0.1, 0.15) is 30.4 Å². The number of halogens is 1. The number of rotatable bonds is 1. The first-order valence-corrected chi connectivity index (χ1v) is 8.40. The lowest BCUT2D eigenvalue weighted by Crippen LogP contribution is -2.54. The number of piperidine rings is 2. The van der Waals surface area contributed by atoms with Crippen molar-refractivity contribution in [3.63, 3.8) is 0 Å². The van der Waals surface area contributed by atoms with E-state index in [-0.39, 0.29) is 18.3 Å². The Morgan fingerprint density at radius 1 is 1.14 bits per heavy atom. The van der Waals surface area contributed by atoms with E-state index in [1.54, 1.807) is 0 Å². The van der Waals surface area contributed by atoms with Crippen LogP contribution in [0.3, 0.4) is 0 Å². The molecule has 0 spiro atoms. The van der Waals surface area contributed by atoms with E-state index in [2.05, 4.69) is 34.5 Å². The topological polar surface area (TPSA) is 32.3 Å². The molecule has 0 aromatic heterocycles. The van der Waals surface area contributed by atoms with Crippen molar-refractivity contribution < 1.29 is 4.79 Å². The Bertz CT molecular complexity index is 523. The van der Waals surface area contributed by atoms with Gasteiger partial charge in [-0.25, -0.2) is 0 Å². The summed E-state index contributed by atoms with van der Waals surface area (Å²) in [5.41, 5.74) is 2.76. The summed E-state index contributed by atoms with van der Waals surface area (Å²) in [6, 6.07) is 9.19. The van der Waals surface area contributed by atoms with E-state index < -0.39 is 0 Å². The second kappa shape index (κ2) is 6.59. The fourth-order valence-corrected chi connectivity index (χ4v) is 4.44. The molecule has 2 saturated heterocycles. The Morgan fingerprint density at radius 3 is 2.59 bits per heavy atom. The third kappa shape index (κ3) is 2.89. The number of carbonyl (C=O) groups excluding carboxylic acids is 1. The van der Waals surface area contributed by atoms with E-state index in [0.717, 1.165) is 38.9 Å². The molecule has 3 aliphatic rings. The molecule has 4 rings (SSSR count). The Balaban J connectivity index is 0.00000144. The fourth-order valence-electron chi connectivity index (χ4n) is 4.44. The quantitative estimate of drug-likeness (QED) is 0.862. The normalized spacial score (nSPS) is 27.7. The van der Waals surface area contributed by atoms with Crippen LogP contribution < -0.4 is 5.32 Å². The third-order valence-corrected chi connectivity index (χ3v) is 5.60. The number of hydrogen-bond donors (Lipinski definition) is 1. The number of nitrogens with zero attached hydrogens (tertiary/aromatic N) is 1. The highest BCUT2D eigenvalue weighted by molar-refractivity contribution is 5.85. The first-order valence-electron chi connectivity index (χ1n) is 8.40. The SMILES string of the molecule is Cl.O=C(C1Cc2ccccc2C1)N1CC[C@@H]2NCCC[C@@H]2C1. The number of fused-ring (bicyclic) bond motifs is 2. The van der Waals surface area contributed by atoms with Crippen molar-refractivity contribution >= 4 is 18.3 Å². The zero-order valence-corrected chi connectivity index (χ0v) is 13.8. The van der Waals surface area contributed by atoms with E-state index in [1.165, 1.54) is 24.0 Å².